The van der Waals surface area contributed by atoms with Crippen LogP contribution in [0.5, 0.6) is 0 Å². The van der Waals surface area contributed by atoms with Gasteiger partial charge in [0, 0.05) is 13.1 Å². The van der Waals surface area contributed by atoms with Gasteiger partial charge in [-0.2, -0.15) is 26.3 Å². The van der Waals surface area contributed by atoms with Crippen LogP contribution in [0.4, 0.5) is 32.0 Å². The molecule has 2 aromatic carbocycles. The Morgan fingerprint density at radius 1 is 1.02 bits per heavy atom. The number of aliphatic carboxylic acids is 1. The molecule has 0 fully saturated rings. The molecule has 1 atom stereocenters. The summed E-state index contributed by atoms with van der Waals surface area (Å²) in [5, 5.41) is 18.7. The number of carbonyl (C=O) groups is 2. The summed E-state index contributed by atoms with van der Waals surface area (Å²) in [5.74, 6) is -4.87. The zero-order valence-electron chi connectivity index (χ0n) is 20.5. The minimum absolute atomic E-state index is 0.0810. The second kappa shape index (κ2) is 12.5. The first-order chi connectivity index (χ1) is 18.3. The molecule has 0 spiro atoms. The van der Waals surface area contributed by atoms with Gasteiger partial charge in [0.15, 0.2) is 15.8 Å². The van der Waals surface area contributed by atoms with Crippen molar-refractivity contribution in [3.63, 3.8) is 0 Å². The zero-order valence-corrected chi connectivity index (χ0v) is 21.3. The van der Waals surface area contributed by atoms with Gasteiger partial charge >= 0.3 is 18.3 Å². The van der Waals surface area contributed by atoms with Crippen LogP contribution in [0.3, 0.4) is 0 Å². The Hall–Kier alpha value is -3.86. The van der Waals surface area contributed by atoms with E-state index in [1.54, 1.807) is 0 Å². The molecule has 0 aliphatic rings. The number of alkyl halides is 6. The molecule has 17 heteroatoms. The Balaban J connectivity index is 2.35. The molecule has 0 saturated heterocycles. The van der Waals surface area contributed by atoms with E-state index in [-0.39, 0.29) is 24.9 Å². The van der Waals surface area contributed by atoms with E-state index in [9.17, 15) is 44.3 Å². The molecule has 0 heterocycles. The summed E-state index contributed by atoms with van der Waals surface area (Å²) in [5.41, 5.74) is 7.49. The molecule has 1 unspecified atom stereocenters. The Morgan fingerprint density at radius 3 is 2.12 bits per heavy atom. The highest BCUT2D eigenvalue weighted by molar-refractivity contribution is 7.92. The molecule has 2 aromatic rings. The number of nitrogens with zero attached hydrogens (tertiary/aromatic N) is 1. The van der Waals surface area contributed by atoms with Crippen molar-refractivity contribution >= 4 is 33.4 Å². The number of amides is 1. The van der Waals surface area contributed by atoms with Gasteiger partial charge in [-0.3, -0.25) is 19.9 Å². The van der Waals surface area contributed by atoms with E-state index in [0.717, 1.165) is 24.3 Å². The van der Waals surface area contributed by atoms with Crippen LogP contribution < -0.4 is 16.8 Å². The Labute approximate surface area is 224 Å². The summed E-state index contributed by atoms with van der Waals surface area (Å²) in [6.45, 7) is -0.878. The minimum Gasteiger partial charge on any atom is -0.480 e. The quantitative estimate of drug-likeness (QED) is 0.149. The molecular formula is C23H25F6N5O5S. The molecule has 2 rings (SSSR count). The molecule has 0 aromatic heterocycles. The third kappa shape index (κ3) is 8.57. The fourth-order valence-corrected chi connectivity index (χ4v) is 4.92. The van der Waals surface area contributed by atoms with Gasteiger partial charge < -0.3 is 21.9 Å². The Morgan fingerprint density at radius 2 is 1.62 bits per heavy atom. The molecule has 0 aliphatic carbocycles. The van der Waals surface area contributed by atoms with Gasteiger partial charge in [0.2, 0.25) is 5.91 Å². The maximum absolute atomic E-state index is 13.8. The van der Waals surface area contributed by atoms with E-state index >= 15 is 0 Å². The fraction of sp³-hybridized carbons (Fsp3) is 0.348. The van der Waals surface area contributed by atoms with Gasteiger partial charge in [-0.15, -0.1) is 0 Å². The second-order valence-corrected chi connectivity index (χ2v) is 10.5. The highest BCUT2D eigenvalue weighted by Crippen LogP contribution is 2.39. The first kappa shape index (κ1) is 32.4. The second-order valence-electron chi connectivity index (χ2n) is 8.50. The highest BCUT2D eigenvalue weighted by atomic mass is 32.2. The van der Waals surface area contributed by atoms with Crippen LogP contribution in [0.2, 0.25) is 0 Å². The van der Waals surface area contributed by atoms with Gasteiger partial charge in [-0.25, -0.2) is 8.42 Å². The van der Waals surface area contributed by atoms with Gasteiger partial charge in [0.05, 0.1) is 21.7 Å². The first-order valence-corrected chi connectivity index (χ1v) is 13.0. The average molecular weight is 598 g/mol. The van der Waals surface area contributed by atoms with E-state index in [0.29, 0.717) is 23.1 Å². The fourth-order valence-electron chi connectivity index (χ4n) is 3.50. The van der Waals surface area contributed by atoms with E-state index in [2.05, 4.69) is 5.32 Å². The number of para-hydroxylation sites is 1. The van der Waals surface area contributed by atoms with Gasteiger partial charge in [-0.1, -0.05) is 18.2 Å². The number of hydrogen-bond donors (Lipinski definition) is 5. The molecule has 0 radical (unpaired) electrons. The van der Waals surface area contributed by atoms with Crippen molar-refractivity contribution in [3.05, 3.63) is 59.2 Å². The van der Waals surface area contributed by atoms with Crippen LogP contribution in [-0.4, -0.2) is 54.6 Å². The zero-order chi connectivity index (χ0) is 30.5. The van der Waals surface area contributed by atoms with Crippen molar-refractivity contribution in [2.45, 2.75) is 42.7 Å². The molecule has 0 saturated carbocycles. The summed E-state index contributed by atoms with van der Waals surface area (Å²) in [6, 6.07) is 4.34. The monoisotopic (exact) mass is 597 g/mol. The number of sulfone groups is 1. The molecule has 220 valence electrons. The Kier molecular flexibility index (Phi) is 10.1. The van der Waals surface area contributed by atoms with Crippen LogP contribution in [0.25, 0.3) is 0 Å². The number of halogens is 6. The van der Waals surface area contributed by atoms with Crippen molar-refractivity contribution in [2.24, 2.45) is 11.5 Å². The van der Waals surface area contributed by atoms with Crippen molar-refractivity contribution in [3.8, 4) is 0 Å². The van der Waals surface area contributed by atoms with Gasteiger partial charge in [0.25, 0.3) is 0 Å². The van der Waals surface area contributed by atoms with Crippen LogP contribution in [0.15, 0.2) is 47.4 Å². The molecule has 1 amide bonds. The topological polar surface area (TPSA) is 180 Å². The molecule has 40 heavy (non-hydrogen) atoms. The van der Waals surface area contributed by atoms with Crippen molar-refractivity contribution in [2.75, 3.05) is 17.6 Å². The predicted octanol–water partition coefficient (Wildman–Crippen LogP) is 3.02. The molecule has 0 aliphatic heterocycles. The number of carboxylic acids is 1. The van der Waals surface area contributed by atoms with Crippen LogP contribution >= 0.6 is 0 Å². The number of guanidine groups is 1. The van der Waals surface area contributed by atoms with Crippen molar-refractivity contribution in [1.82, 2.24) is 4.90 Å². The Bertz CT molecular complexity index is 1350. The minimum atomic E-state index is -5.05. The normalized spacial score (nSPS) is 13.0. The van der Waals surface area contributed by atoms with E-state index < -0.39 is 80.1 Å². The molecule has 7 N–H and O–H groups in total. The van der Waals surface area contributed by atoms with E-state index in [4.69, 9.17) is 22.0 Å². The summed E-state index contributed by atoms with van der Waals surface area (Å²) in [7, 11) is -4.81. The van der Waals surface area contributed by atoms with E-state index in [1.807, 2.05) is 0 Å². The number of carbonyl (C=O) groups excluding carboxylic acids is 1. The number of benzene rings is 2. The lowest BCUT2D eigenvalue weighted by atomic mass is 10.1. The standard InChI is InChI=1S/C23H25F6N5O5S/c24-22(25,26)14-8-6-13(7-9-14)11-33-19-15(23(27,28)29)3-1-5-17(19)40(38,39)12-18(35)34(21(31)32)10-2-4-16(30)20(36)37/h1,3,5-9,16,33H,2,4,10-12,30H2,(H3,31,32)(H,36,37). The lowest BCUT2D eigenvalue weighted by molar-refractivity contribution is -0.139. The maximum atomic E-state index is 13.8. The third-order valence-corrected chi connectivity index (χ3v) is 7.17. The van der Waals surface area contributed by atoms with Crippen molar-refractivity contribution in [1.29, 1.82) is 5.41 Å². The summed E-state index contributed by atoms with van der Waals surface area (Å²) >= 11 is 0. The average Bonchev–Trinajstić information content (AvgIpc) is 2.83. The first-order valence-electron chi connectivity index (χ1n) is 11.3. The number of nitrogens with two attached hydrogens (primary N) is 2. The maximum Gasteiger partial charge on any atom is 0.418 e. The SMILES string of the molecule is N=C(N)N(CCCC(N)C(=O)O)C(=O)CS(=O)(=O)c1cccc(C(F)(F)F)c1NCc1ccc(C(F)(F)F)cc1. The summed E-state index contributed by atoms with van der Waals surface area (Å²) in [4.78, 5) is 23.2. The van der Waals surface area contributed by atoms with Gasteiger partial charge in [-0.05, 0) is 42.7 Å². The lowest BCUT2D eigenvalue weighted by Crippen LogP contribution is -2.45. The number of anilines is 1. The predicted molar refractivity (Wildman–Crippen MR) is 131 cm³/mol. The third-order valence-electron chi connectivity index (χ3n) is 5.54. The van der Waals surface area contributed by atoms with Crippen molar-refractivity contribution < 1.29 is 49.5 Å². The smallest absolute Gasteiger partial charge is 0.418 e. The van der Waals surface area contributed by atoms with Crippen LogP contribution in [0.1, 0.15) is 29.5 Å². The molecule has 10 nitrogen and oxygen atoms in total. The van der Waals surface area contributed by atoms with Gasteiger partial charge in [0.1, 0.15) is 11.8 Å². The van der Waals surface area contributed by atoms with E-state index in [1.165, 1.54) is 0 Å². The highest BCUT2D eigenvalue weighted by Gasteiger charge is 2.37. The number of carboxylic acid groups (broad SMARTS) is 1. The largest absolute Gasteiger partial charge is 0.480 e. The molecule has 0 bridgehead atoms. The number of nitrogens with one attached hydrogen (secondary N) is 2. The summed E-state index contributed by atoms with van der Waals surface area (Å²) in [6.07, 6.45) is -9.92. The molecular weight excluding hydrogens is 572 g/mol. The summed E-state index contributed by atoms with van der Waals surface area (Å²) < 4.78 is 106. The van der Waals surface area contributed by atoms with Crippen LogP contribution in [-0.2, 0) is 38.3 Å². The van der Waals surface area contributed by atoms with Crippen LogP contribution in [0, 0.1) is 5.41 Å². The lowest BCUT2D eigenvalue weighted by Gasteiger charge is -2.22. The number of rotatable bonds is 11. The number of hydrogen-bond acceptors (Lipinski definition) is 7.